The second-order valence-electron chi connectivity index (χ2n) is 6.69. The molecular formula is C22H20N2O5. The number of anilines is 1. The lowest BCUT2D eigenvalue weighted by molar-refractivity contribution is -0.123. The molecule has 4 rings (SSSR count). The quantitative estimate of drug-likeness (QED) is 0.517. The van der Waals surface area contributed by atoms with Gasteiger partial charge in [-0.05, 0) is 31.2 Å². The van der Waals surface area contributed by atoms with Crippen LogP contribution < -0.4 is 10.1 Å². The first-order chi connectivity index (χ1) is 14.0. The van der Waals surface area contributed by atoms with Gasteiger partial charge >= 0.3 is 5.97 Å². The highest BCUT2D eigenvalue weighted by Gasteiger charge is 2.22. The van der Waals surface area contributed by atoms with Gasteiger partial charge < -0.3 is 23.8 Å². The van der Waals surface area contributed by atoms with Gasteiger partial charge in [0.2, 0.25) is 0 Å². The van der Waals surface area contributed by atoms with E-state index in [1.165, 1.54) is 14.0 Å². The lowest BCUT2D eigenvalue weighted by Crippen LogP contribution is -2.30. The fraction of sp³-hybridized carbons (Fsp3) is 0.182. The number of amides is 1. The van der Waals surface area contributed by atoms with Gasteiger partial charge in [-0.3, -0.25) is 4.79 Å². The molecule has 4 aromatic rings. The number of methoxy groups -OCH3 is 1. The average molecular weight is 392 g/mol. The zero-order valence-electron chi connectivity index (χ0n) is 16.3. The number of fused-ring (bicyclic) bond motifs is 3. The third-order valence-electron chi connectivity index (χ3n) is 4.76. The van der Waals surface area contributed by atoms with Crippen LogP contribution >= 0.6 is 0 Å². The van der Waals surface area contributed by atoms with E-state index in [1.54, 1.807) is 36.0 Å². The molecule has 1 amide bonds. The van der Waals surface area contributed by atoms with Crippen LogP contribution in [-0.2, 0) is 16.6 Å². The Hall–Kier alpha value is -3.74. The predicted molar refractivity (Wildman–Crippen MR) is 109 cm³/mol. The van der Waals surface area contributed by atoms with Crippen molar-refractivity contribution in [1.82, 2.24) is 4.57 Å². The number of furan rings is 1. The van der Waals surface area contributed by atoms with Gasteiger partial charge in [0.15, 0.2) is 6.10 Å². The van der Waals surface area contributed by atoms with Gasteiger partial charge in [-0.2, -0.15) is 0 Å². The minimum Gasteiger partial charge on any atom is -0.495 e. The molecule has 2 aromatic carbocycles. The van der Waals surface area contributed by atoms with Crippen LogP contribution in [0, 0.1) is 0 Å². The average Bonchev–Trinajstić information content (AvgIpc) is 3.30. The van der Waals surface area contributed by atoms with E-state index in [-0.39, 0.29) is 0 Å². The number of aryl methyl sites for hydroxylation is 1. The van der Waals surface area contributed by atoms with Crippen molar-refractivity contribution < 1.29 is 23.5 Å². The molecule has 0 fully saturated rings. The number of esters is 1. The normalized spacial score (nSPS) is 12.1. The van der Waals surface area contributed by atoms with Crippen LogP contribution in [0.4, 0.5) is 5.69 Å². The first-order valence-electron chi connectivity index (χ1n) is 9.10. The van der Waals surface area contributed by atoms with Crippen molar-refractivity contribution in [3.05, 3.63) is 60.4 Å². The van der Waals surface area contributed by atoms with Gasteiger partial charge in [0, 0.05) is 30.1 Å². The second kappa shape index (κ2) is 7.35. The van der Waals surface area contributed by atoms with Crippen LogP contribution in [0.3, 0.4) is 0 Å². The Morgan fingerprint density at radius 1 is 1.07 bits per heavy atom. The third kappa shape index (κ3) is 3.42. The Kier molecular flexibility index (Phi) is 4.72. The molecular weight excluding hydrogens is 372 g/mol. The molecule has 7 nitrogen and oxygen atoms in total. The van der Waals surface area contributed by atoms with Crippen LogP contribution in [0.5, 0.6) is 5.75 Å². The van der Waals surface area contributed by atoms with Gasteiger partial charge in [-0.1, -0.05) is 18.2 Å². The van der Waals surface area contributed by atoms with E-state index >= 15 is 0 Å². The highest BCUT2D eigenvalue weighted by Crippen LogP contribution is 2.36. The van der Waals surface area contributed by atoms with Gasteiger partial charge in [0.05, 0.1) is 12.8 Å². The molecule has 0 aliphatic carbocycles. The topological polar surface area (TPSA) is 82.7 Å². The molecule has 0 bridgehead atoms. The molecule has 2 heterocycles. The molecule has 29 heavy (non-hydrogen) atoms. The van der Waals surface area contributed by atoms with E-state index in [1.807, 2.05) is 30.3 Å². The van der Waals surface area contributed by atoms with E-state index in [4.69, 9.17) is 13.9 Å². The zero-order valence-corrected chi connectivity index (χ0v) is 16.3. The van der Waals surface area contributed by atoms with Crippen molar-refractivity contribution in [2.75, 3.05) is 12.4 Å². The molecule has 7 heteroatoms. The number of carbonyl (C=O) groups is 2. The summed E-state index contributed by atoms with van der Waals surface area (Å²) in [5.41, 5.74) is 2.17. The maximum Gasteiger partial charge on any atom is 0.355 e. The smallest absolute Gasteiger partial charge is 0.355 e. The fourth-order valence-electron chi connectivity index (χ4n) is 3.20. The van der Waals surface area contributed by atoms with Crippen LogP contribution in [0.15, 0.2) is 59.1 Å². The summed E-state index contributed by atoms with van der Waals surface area (Å²) < 4.78 is 18.2. The first-order valence-corrected chi connectivity index (χ1v) is 9.10. The predicted octanol–water partition coefficient (Wildman–Crippen LogP) is 4.12. The summed E-state index contributed by atoms with van der Waals surface area (Å²) in [5.74, 6) is -0.556. The number of nitrogens with zero attached hydrogens (tertiary/aromatic N) is 1. The maximum absolute atomic E-state index is 12.6. The Balaban J connectivity index is 1.57. The Morgan fingerprint density at radius 2 is 1.86 bits per heavy atom. The van der Waals surface area contributed by atoms with Crippen LogP contribution in [-0.4, -0.2) is 29.7 Å². The van der Waals surface area contributed by atoms with E-state index in [0.717, 1.165) is 16.4 Å². The van der Waals surface area contributed by atoms with E-state index in [9.17, 15) is 9.59 Å². The summed E-state index contributed by atoms with van der Waals surface area (Å²) >= 11 is 0. The standard InChI is InChI=1S/C22H20N2O5/c1-13(28-22(26)17-8-6-10-24(17)2)21(25)23-16-12-19-15(11-20(16)27-3)14-7-4-5-9-18(14)29-19/h4-13H,1-3H3,(H,23,25)/t13-/m0/s1. The third-order valence-corrected chi connectivity index (χ3v) is 4.76. The van der Waals surface area contributed by atoms with Crippen molar-refractivity contribution in [3.63, 3.8) is 0 Å². The first kappa shape index (κ1) is 18.6. The summed E-state index contributed by atoms with van der Waals surface area (Å²) in [6.07, 6.45) is 0.739. The molecule has 0 aliphatic heterocycles. The lowest BCUT2D eigenvalue weighted by atomic mass is 10.1. The number of carbonyl (C=O) groups excluding carboxylic acids is 2. The highest BCUT2D eigenvalue weighted by atomic mass is 16.5. The summed E-state index contributed by atoms with van der Waals surface area (Å²) in [7, 11) is 3.26. The van der Waals surface area contributed by atoms with Crippen molar-refractivity contribution >= 4 is 39.5 Å². The maximum atomic E-state index is 12.6. The Labute approximate surface area is 166 Å². The molecule has 0 saturated carbocycles. The minimum absolute atomic E-state index is 0.367. The van der Waals surface area contributed by atoms with Crippen LogP contribution in [0.25, 0.3) is 21.9 Å². The van der Waals surface area contributed by atoms with Gasteiger partial charge in [0.25, 0.3) is 5.91 Å². The summed E-state index contributed by atoms with van der Waals surface area (Å²) in [5, 5.41) is 4.60. The molecule has 0 spiro atoms. The van der Waals surface area contributed by atoms with E-state index in [2.05, 4.69) is 5.32 Å². The monoisotopic (exact) mass is 392 g/mol. The number of rotatable bonds is 5. The molecule has 0 aliphatic rings. The molecule has 1 N–H and O–H groups in total. The molecule has 148 valence electrons. The molecule has 2 aromatic heterocycles. The van der Waals surface area contributed by atoms with Gasteiger partial charge in [-0.25, -0.2) is 4.79 Å². The van der Waals surface area contributed by atoms with Crippen LogP contribution in [0.2, 0.25) is 0 Å². The Morgan fingerprint density at radius 3 is 2.59 bits per heavy atom. The van der Waals surface area contributed by atoms with E-state index in [0.29, 0.717) is 22.7 Å². The SMILES string of the molecule is COc1cc2c(cc1NC(=O)[C@H](C)OC(=O)c1cccn1C)oc1ccccc12. The molecule has 1 atom stereocenters. The summed E-state index contributed by atoms with van der Waals surface area (Å²) in [4.78, 5) is 24.8. The number of hydrogen-bond donors (Lipinski definition) is 1. The van der Waals surface area contributed by atoms with Crippen molar-refractivity contribution in [2.24, 2.45) is 7.05 Å². The Bertz CT molecular complexity index is 1220. The number of aromatic nitrogens is 1. The second-order valence-corrected chi connectivity index (χ2v) is 6.69. The number of nitrogens with one attached hydrogen (secondary N) is 1. The van der Waals surface area contributed by atoms with Gasteiger partial charge in [-0.15, -0.1) is 0 Å². The number of para-hydroxylation sites is 1. The number of benzene rings is 2. The molecule has 0 unspecified atom stereocenters. The molecule has 0 radical (unpaired) electrons. The van der Waals surface area contributed by atoms with Crippen molar-refractivity contribution in [2.45, 2.75) is 13.0 Å². The number of ether oxygens (including phenoxy) is 2. The molecule has 0 saturated heterocycles. The van der Waals surface area contributed by atoms with Crippen molar-refractivity contribution in [3.8, 4) is 5.75 Å². The zero-order chi connectivity index (χ0) is 20.5. The van der Waals surface area contributed by atoms with E-state index < -0.39 is 18.0 Å². The minimum atomic E-state index is -0.992. The van der Waals surface area contributed by atoms with Crippen molar-refractivity contribution in [1.29, 1.82) is 0 Å². The summed E-state index contributed by atoms with van der Waals surface area (Å²) in [6.45, 7) is 1.52. The van der Waals surface area contributed by atoms with Crippen LogP contribution in [0.1, 0.15) is 17.4 Å². The fourth-order valence-corrected chi connectivity index (χ4v) is 3.20. The van der Waals surface area contributed by atoms with Gasteiger partial charge in [0.1, 0.15) is 22.6 Å². The lowest BCUT2D eigenvalue weighted by Gasteiger charge is -2.15. The number of hydrogen-bond acceptors (Lipinski definition) is 5. The highest BCUT2D eigenvalue weighted by molar-refractivity contribution is 6.08. The largest absolute Gasteiger partial charge is 0.495 e. The summed E-state index contributed by atoms with van der Waals surface area (Å²) in [6, 6.07) is 14.6.